The topological polar surface area (TPSA) is 69.9 Å². The molecule has 0 bridgehead atoms. The summed E-state index contributed by atoms with van der Waals surface area (Å²) in [7, 11) is 5.28. The minimum Gasteiger partial charge on any atom is -0.393 e. The van der Waals surface area contributed by atoms with E-state index < -0.39 is 23.8 Å². The Kier molecular flexibility index (Phi) is 2.25. The molecule has 2 radical (unpaired) electrons. The highest BCUT2D eigenvalue weighted by Gasteiger charge is 2.48. The summed E-state index contributed by atoms with van der Waals surface area (Å²) in [5.74, 6) is 0. The Morgan fingerprint density at radius 2 is 2.09 bits per heavy atom. The smallest absolute Gasteiger partial charge is 0.116 e. The average Bonchev–Trinajstić information content (AvgIpc) is 2.17. The summed E-state index contributed by atoms with van der Waals surface area (Å²) in [6.45, 7) is 1.13. The largest absolute Gasteiger partial charge is 0.393 e. The lowest BCUT2D eigenvalue weighted by Gasteiger charge is -2.24. The number of rotatable bonds is 1. The first-order valence-corrected chi connectivity index (χ1v) is 3.41. The molecule has 1 aliphatic heterocycles. The molecule has 0 aromatic heterocycles. The fraction of sp³-hybridized carbons (Fsp3) is 1.00. The summed E-state index contributed by atoms with van der Waals surface area (Å²) < 4.78 is 4.95. The van der Waals surface area contributed by atoms with Crippen molar-refractivity contribution in [1.82, 2.24) is 0 Å². The predicted octanol–water partition coefficient (Wildman–Crippen LogP) is -2.02. The molecular formula is C6H11BO4. The van der Waals surface area contributed by atoms with Gasteiger partial charge in [-0.15, -0.1) is 0 Å². The van der Waals surface area contributed by atoms with Crippen LogP contribution in [-0.4, -0.2) is 53.6 Å². The van der Waals surface area contributed by atoms with Gasteiger partial charge in [-0.2, -0.15) is 0 Å². The summed E-state index contributed by atoms with van der Waals surface area (Å²) >= 11 is 0. The van der Waals surface area contributed by atoms with Crippen LogP contribution in [0.15, 0.2) is 0 Å². The number of hydrogen-bond donors (Lipinski definition) is 3. The molecule has 1 rings (SSSR count). The normalized spacial score (nSPS) is 51.5. The third-order valence-corrected chi connectivity index (χ3v) is 2.01. The second kappa shape index (κ2) is 2.75. The van der Waals surface area contributed by atoms with Gasteiger partial charge in [-0.05, 0) is 6.92 Å². The van der Waals surface area contributed by atoms with E-state index in [1.54, 1.807) is 0 Å². The zero-order chi connectivity index (χ0) is 8.65. The molecule has 5 heteroatoms. The molecule has 1 fully saturated rings. The van der Waals surface area contributed by atoms with Crippen molar-refractivity contribution >= 4 is 7.85 Å². The van der Waals surface area contributed by atoms with Gasteiger partial charge < -0.3 is 20.1 Å². The van der Waals surface area contributed by atoms with Crippen LogP contribution in [0.4, 0.5) is 0 Å². The van der Waals surface area contributed by atoms with E-state index in [2.05, 4.69) is 0 Å². The fourth-order valence-corrected chi connectivity index (χ4v) is 1.12. The van der Waals surface area contributed by atoms with Gasteiger partial charge in [-0.25, -0.2) is 0 Å². The molecule has 0 aliphatic carbocycles. The van der Waals surface area contributed by atoms with Gasteiger partial charge in [0.15, 0.2) is 0 Å². The molecular weight excluding hydrogens is 147 g/mol. The third-order valence-electron chi connectivity index (χ3n) is 2.01. The van der Waals surface area contributed by atoms with Crippen molar-refractivity contribution in [2.45, 2.75) is 30.7 Å². The second-order valence-electron chi connectivity index (χ2n) is 2.99. The Morgan fingerprint density at radius 1 is 1.55 bits per heavy atom. The Hall–Kier alpha value is -0.0951. The van der Waals surface area contributed by atoms with Crippen molar-refractivity contribution in [3.63, 3.8) is 0 Å². The fourth-order valence-electron chi connectivity index (χ4n) is 1.12. The van der Waals surface area contributed by atoms with E-state index in [9.17, 15) is 5.11 Å². The van der Waals surface area contributed by atoms with Crippen molar-refractivity contribution in [2.24, 2.45) is 0 Å². The number of ether oxygens (including phenoxy) is 1. The third kappa shape index (κ3) is 1.29. The van der Waals surface area contributed by atoms with Crippen LogP contribution in [0.5, 0.6) is 0 Å². The summed E-state index contributed by atoms with van der Waals surface area (Å²) in [5.41, 5.74) is -1.13. The van der Waals surface area contributed by atoms with E-state index in [-0.39, 0.29) is 6.61 Å². The molecule has 3 N–H and O–H groups in total. The van der Waals surface area contributed by atoms with Crippen LogP contribution in [-0.2, 0) is 4.74 Å². The molecule has 4 atom stereocenters. The molecule has 1 aliphatic rings. The maximum atomic E-state index is 9.27. The van der Waals surface area contributed by atoms with Crippen LogP contribution in [0.3, 0.4) is 0 Å². The van der Waals surface area contributed by atoms with E-state index in [1.165, 1.54) is 6.92 Å². The molecule has 0 saturated carbocycles. The van der Waals surface area contributed by atoms with E-state index in [0.29, 0.717) is 0 Å². The van der Waals surface area contributed by atoms with Crippen molar-refractivity contribution in [3.8, 4) is 0 Å². The maximum absolute atomic E-state index is 9.27. The first-order valence-electron chi connectivity index (χ1n) is 3.41. The summed E-state index contributed by atoms with van der Waals surface area (Å²) in [5, 5.41) is 27.2. The van der Waals surface area contributed by atoms with Gasteiger partial charge in [-0.3, -0.25) is 0 Å². The van der Waals surface area contributed by atoms with Crippen molar-refractivity contribution in [1.29, 1.82) is 0 Å². The Labute approximate surface area is 66.2 Å². The zero-order valence-corrected chi connectivity index (χ0v) is 6.27. The Balaban J connectivity index is 2.73. The van der Waals surface area contributed by atoms with Crippen LogP contribution < -0.4 is 0 Å². The summed E-state index contributed by atoms with van der Waals surface area (Å²) in [4.78, 5) is 0. The van der Waals surface area contributed by atoms with Gasteiger partial charge in [0.25, 0.3) is 0 Å². The van der Waals surface area contributed by atoms with Gasteiger partial charge in [0.2, 0.25) is 0 Å². The lowest BCUT2D eigenvalue weighted by Crippen LogP contribution is -2.43. The SMILES string of the molecule is [B][C@@H]1O[C@](C)(CO)C(O)[C@@H]1O. The lowest BCUT2D eigenvalue weighted by atomic mass is 9.90. The van der Waals surface area contributed by atoms with Gasteiger partial charge in [0.1, 0.15) is 25.7 Å². The van der Waals surface area contributed by atoms with Crippen LogP contribution >= 0.6 is 0 Å². The average molecular weight is 158 g/mol. The monoisotopic (exact) mass is 158 g/mol. The molecule has 11 heavy (non-hydrogen) atoms. The van der Waals surface area contributed by atoms with Gasteiger partial charge >= 0.3 is 0 Å². The van der Waals surface area contributed by atoms with E-state index in [1.807, 2.05) is 0 Å². The van der Waals surface area contributed by atoms with Crippen molar-refractivity contribution in [2.75, 3.05) is 6.61 Å². The molecule has 1 heterocycles. The first-order chi connectivity index (χ1) is 5.01. The quantitative estimate of drug-likeness (QED) is 0.385. The van der Waals surface area contributed by atoms with Crippen molar-refractivity contribution in [3.05, 3.63) is 0 Å². The van der Waals surface area contributed by atoms with Crippen LogP contribution in [0.2, 0.25) is 0 Å². The molecule has 4 nitrogen and oxygen atoms in total. The van der Waals surface area contributed by atoms with E-state index in [0.717, 1.165) is 0 Å². The number of aliphatic hydroxyl groups is 3. The zero-order valence-electron chi connectivity index (χ0n) is 6.27. The molecule has 0 amide bonds. The highest BCUT2D eigenvalue weighted by molar-refractivity contribution is 6.11. The molecule has 0 spiro atoms. The van der Waals surface area contributed by atoms with Crippen molar-refractivity contribution < 1.29 is 20.1 Å². The van der Waals surface area contributed by atoms with E-state index in [4.69, 9.17) is 22.8 Å². The van der Waals surface area contributed by atoms with Crippen LogP contribution in [0.25, 0.3) is 0 Å². The van der Waals surface area contributed by atoms with Gasteiger partial charge in [-0.1, -0.05) is 0 Å². The minimum absolute atomic E-state index is 0.362. The standard InChI is InChI=1S/C6H11BO4/c1-6(2-8)4(10)3(9)5(7)11-6/h3-5,8-10H,2H2,1H3/t3-,4?,5+,6+/m0/s1. The van der Waals surface area contributed by atoms with Crippen LogP contribution in [0.1, 0.15) is 6.92 Å². The lowest BCUT2D eigenvalue weighted by molar-refractivity contribution is -0.0865. The molecule has 1 saturated heterocycles. The summed E-state index contributed by atoms with van der Waals surface area (Å²) in [6.07, 6.45) is -2.24. The Morgan fingerprint density at radius 3 is 2.27 bits per heavy atom. The van der Waals surface area contributed by atoms with Gasteiger partial charge in [0.05, 0.1) is 6.61 Å². The maximum Gasteiger partial charge on any atom is 0.116 e. The molecule has 1 unspecified atom stereocenters. The highest BCUT2D eigenvalue weighted by Crippen LogP contribution is 2.28. The minimum atomic E-state index is -1.13. The summed E-state index contributed by atoms with van der Waals surface area (Å²) in [6, 6.07) is -0.915. The second-order valence-corrected chi connectivity index (χ2v) is 2.99. The molecule has 62 valence electrons. The Bertz CT molecular complexity index is 154. The number of aliphatic hydroxyl groups excluding tert-OH is 3. The van der Waals surface area contributed by atoms with Gasteiger partial charge in [0, 0.05) is 6.00 Å². The van der Waals surface area contributed by atoms with E-state index >= 15 is 0 Å². The van der Waals surface area contributed by atoms with Crippen LogP contribution in [0, 0.1) is 0 Å². The molecule has 0 aromatic rings. The first kappa shape index (κ1) is 9.00. The molecule has 0 aromatic carbocycles. The highest BCUT2D eigenvalue weighted by atomic mass is 16.6. The number of hydrogen-bond acceptors (Lipinski definition) is 4. The predicted molar refractivity (Wildman–Crippen MR) is 38.1 cm³/mol.